The van der Waals surface area contributed by atoms with Crippen LogP contribution in [0.5, 0.6) is 0 Å². The molecule has 1 aliphatic rings. The Kier molecular flexibility index (Phi) is 6.84. The molecule has 0 radical (unpaired) electrons. The maximum absolute atomic E-state index is 13.0. The van der Waals surface area contributed by atoms with E-state index < -0.39 is 0 Å². The predicted octanol–water partition coefficient (Wildman–Crippen LogP) is 1.56. The molecule has 0 aromatic carbocycles. The summed E-state index contributed by atoms with van der Waals surface area (Å²) in [5.74, 6) is 0.464. The fourth-order valence-corrected chi connectivity index (χ4v) is 3.32. The Morgan fingerprint density at radius 1 is 1.32 bits per heavy atom. The normalized spacial score (nSPS) is 25.3. The minimum atomic E-state index is -0.0904. The van der Waals surface area contributed by atoms with Gasteiger partial charge in [0.25, 0.3) is 0 Å². The Hall–Kier alpha value is -0.650. The maximum Gasteiger partial charge on any atom is 0.239 e. The van der Waals surface area contributed by atoms with Crippen molar-refractivity contribution in [2.75, 3.05) is 33.2 Å². The molecule has 5 nitrogen and oxygen atoms in total. The second kappa shape index (κ2) is 7.75. The summed E-state index contributed by atoms with van der Waals surface area (Å²) in [5.41, 5.74) is 5.75. The summed E-state index contributed by atoms with van der Waals surface area (Å²) >= 11 is 0. The van der Waals surface area contributed by atoms with Crippen LogP contribution in [0.15, 0.2) is 0 Å². The van der Waals surface area contributed by atoms with E-state index in [1.807, 2.05) is 11.9 Å². The molecule has 130 valence electrons. The smallest absolute Gasteiger partial charge is 0.239 e. The highest BCUT2D eigenvalue weighted by atomic mass is 16.5. The monoisotopic (exact) mass is 313 g/mol. The number of nitrogens with zero attached hydrogens (tertiary/aromatic N) is 2. The summed E-state index contributed by atoms with van der Waals surface area (Å²) < 4.78 is 5.80. The van der Waals surface area contributed by atoms with E-state index in [2.05, 4.69) is 46.4 Å². The van der Waals surface area contributed by atoms with Crippen molar-refractivity contribution in [3.8, 4) is 0 Å². The number of hydrogen-bond acceptors (Lipinski definition) is 4. The number of nitrogens with two attached hydrogens (primary N) is 1. The largest absolute Gasteiger partial charge is 0.373 e. The van der Waals surface area contributed by atoms with Gasteiger partial charge in [0.05, 0.1) is 18.2 Å². The van der Waals surface area contributed by atoms with Gasteiger partial charge >= 0.3 is 0 Å². The quantitative estimate of drug-likeness (QED) is 0.808. The van der Waals surface area contributed by atoms with E-state index in [0.717, 1.165) is 13.1 Å². The van der Waals surface area contributed by atoms with E-state index in [0.29, 0.717) is 13.1 Å². The van der Waals surface area contributed by atoms with Crippen LogP contribution in [0, 0.1) is 11.3 Å². The standard InChI is InChI=1S/C17H35N3O2/c1-12(2)15(20-8-13(3)22-14(4)9-20)16(21)19(7)11-17(5,6)10-18/h12-15H,8-11,18H2,1-7H3. The molecule has 1 fully saturated rings. The molecule has 1 aliphatic heterocycles. The molecule has 1 saturated heterocycles. The summed E-state index contributed by atoms with van der Waals surface area (Å²) in [4.78, 5) is 17.1. The summed E-state index contributed by atoms with van der Waals surface area (Å²) in [6.07, 6.45) is 0.340. The van der Waals surface area contributed by atoms with E-state index >= 15 is 0 Å². The number of morpholine rings is 1. The van der Waals surface area contributed by atoms with Crippen LogP contribution in [0.4, 0.5) is 0 Å². The van der Waals surface area contributed by atoms with Gasteiger partial charge in [-0.25, -0.2) is 0 Å². The molecule has 3 atom stereocenters. The van der Waals surface area contributed by atoms with Crippen LogP contribution >= 0.6 is 0 Å². The van der Waals surface area contributed by atoms with Gasteiger partial charge in [0, 0.05) is 26.7 Å². The van der Waals surface area contributed by atoms with Gasteiger partial charge < -0.3 is 15.4 Å². The van der Waals surface area contributed by atoms with Gasteiger partial charge in [-0.15, -0.1) is 0 Å². The first-order valence-electron chi connectivity index (χ1n) is 8.42. The molecule has 0 saturated carbocycles. The fraction of sp³-hybridized carbons (Fsp3) is 0.941. The van der Waals surface area contributed by atoms with E-state index in [1.165, 1.54) is 0 Å². The molecule has 1 rings (SSSR count). The predicted molar refractivity (Wildman–Crippen MR) is 90.7 cm³/mol. The molecule has 3 unspecified atom stereocenters. The Bertz CT molecular complexity index is 361. The van der Waals surface area contributed by atoms with Crippen molar-refractivity contribution in [2.24, 2.45) is 17.1 Å². The molecular weight excluding hydrogens is 278 g/mol. The number of likely N-dealkylation sites (N-methyl/N-ethyl adjacent to an activating group) is 1. The van der Waals surface area contributed by atoms with Crippen LogP contribution in [0.2, 0.25) is 0 Å². The summed E-state index contributed by atoms with van der Waals surface area (Å²) in [5, 5.41) is 0. The first-order chi connectivity index (χ1) is 10.1. The molecule has 1 heterocycles. The van der Waals surface area contributed by atoms with Crippen molar-refractivity contribution < 1.29 is 9.53 Å². The van der Waals surface area contributed by atoms with Crippen molar-refractivity contribution >= 4 is 5.91 Å². The summed E-state index contributed by atoms with van der Waals surface area (Å²) in [6.45, 7) is 15.5. The molecule has 22 heavy (non-hydrogen) atoms. The van der Waals surface area contributed by atoms with Gasteiger partial charge in [0.15, 0.2) is 0 Å². The third kappa shape index (κ3) is 5.21. The lowest BCUT2D eigenvalue weighted by molar-refractivity contribution is -0.145. The molecule has 0 bridgehead atoms. The number of amides is 1. The zero-order valence-corrected chi connectivity index (χ0v) is 15.4. The van der Waals surface area contributed by atoms with E-state index in [9.17, 15) is 4.79 Å². The highest BCUT2D eigenvalue weighted by Crippen LogP contribution is 2.22. The van der Waals surface area contributed by atoms with Gasteiger partial charge in [-0.05, 0) is 31.7 Å². The van der Waals surface area contributed by atoms with Crippen LogP contribution in [0.1, 0.15) is 41.5 Å². The Labute approximate surface area is 136 Å². The molecule has 0 aliphatic carbocycles. The number of rotatable bonds is 6. The molecule has 1 amide bonds. The van der Waals surface area contributed by atoms with Crippen molar-refractivity contribution in [1.29, 1.82) is 0 Å². The van der Waals surface area contributed by atoms with Crippen LogP contribution < -0.4 is 5.73 Å². The summed E-state index contributed by atoms with van der Waals surface area (Å²) in [7, 11) is 1.89. The average Bonchev–Trinajstić information content (AvgIpc) is 2.36. The summed E-state index contributed by atoms with van der Waals surface area (Å²) in [6, 6.07) is -0.0904. The van der Waals surface area contributed by atoms with E-state index in [1.54, 1.807) is 0 Å². The van der Waals surface area contributed by atoms with Crippen molar-refractivity contribution in [3.63, 3.8) is 0 Å². The molecule has 5 heteroatoms. The fourth-order valence-electron chi connectivity index (χ4n) is 3.32. The van der Waals surface area contributed by atoms with Gasteiger partial charge in [0.2, 0.25) is 5.91 Å². The number of carbonyl (C=O) groups excluding carboxylic acids is 1. The molecule has 0 spiro atoms. The average molecular weight is 313 g/mol. The minimum Gasteiger partial charge on any atom is -0.373 e. The number of ether oxygens (including phenoxy) is 1. The highest BCUT2D eigenvalue weighted by Gasteiger charge is 2.36. The maximum atomic E-state index is 13.0. The van der Waals surface area contributed by atoms with Crippen LogP contribution in [-0.4, -0.2) is 67.2 Å². The molecular formula is C17H35N3O2. The van der Waals surface area contributed by atoms with E-state index in [-0.39, 0.29) is 35.5 Å². The first-order valence-corrected chi connectivity index (χ1v) is 8.42. The number of carbonyl (C=O) groups is 1. The lowest BCUT2D eigenvalue weighted by atomic mass is 9.92. The van der Waals surface area contributed by atoms with E-state index in [4.69, 9.17) is 10.5 Å². The molecule has 0 aromatic heterocycles. The lowest BCUT2D eigenvalue weighted by Gasteiger charge is -2.42. The zero-order valence-electron chi connectivity index (χ0n) is 15.4. The van der Waals surface area contributed by atoms with Gasteiger partial charge in [-0.1, -0.05) is 27.7 Å². The van der Waals surface area contributed by atoms with Crippen LogP contribution in [0.3, 0.4) is 0 Å². The Morgan fingerprint density at radius 2 is 1.82 bits per heavy atom. The van der Waals surface area contributed by atoms with Crippen LogP contribution in [0.25, 0.3) is 0 Å². The van der Waals surface area contributed by atoms with Gasteiger partial charge in [-0.3, -0.25) is 9.69 Å². The third-order valence-electron chi connectivity index (χ3n) is 4.32. The minimum absolute atomic E-state index is 0.0580. The second-order valence-electron chi connectivity index (χ2n) is 7.96. The third-order valence-corrected chi connectivity index (χ3v) is 4.32. The Balaban J connectivity index is 2.83. The van der Waals surface area contributed by atoms with Crippen molar-refractivity contribution in [1.82, 2.24) is 9.80 Å². The Morgan fingerprint density at radius 3 is 2.23 bits per heavy atom. The second-order valence-corrected chi connectivity index (χ2v) is 7.96. The van der Waals surface area contributed by atoms with Crippen molar-refractivity contribution in [2.45, 2.75) is 59.8 Å². The topological polar surface area (TPSA) is 58.8 Å². The highest BCUT2D eigenvalue weighted by molar-refractivity contribution is 5.82. The number of hydrogen-bond donors (Lipinski definition) is 1. The lowest BCUT2D eigenvalue weighted by Crippen LogP contribution is -2.58. The van der Waals surface area contributed by atoms with Gasteiger partial charge in [-0.2, -0.15) is 0 Å². The first kappa shape index (κ1) is 19.4. The SMILES string of the molecule is CC1CN(C(C(=O)N(C)CC(C)(C)CN)C(C)C)CC(C)O1. The van der Waals surface area contributed by atoms with Gasteiger partial charge in [0.1, 0.15) is 0 Å². The zero-order chi connectivity index (χ0) is 17.1. The van der Waals surface area contributed by atoms with Crippen LogP contribution in [-0.2, 0) is 9.53 Å². The molecule has 2 N–H and O–H groups in total. The van der Waals surface area contributed by atoms with Crippen molar-refractivity contribution in [3.05, 3.63) is 0 Å². The molecule has 0 aromatic rings.